The van der Waals surface area contributed by atoms with E-state index in [-0.39, 0.29) is 18.6 Å². The predicted molar refractivity (Wildman–Crippen MR) is 116 cm³/mol. The van der Waals surface area contributed by atoms with Gasteiger partial charge in [-0.15, -0.1) is 0 Å². The molecule has 3 rings (SSSR count). The number of nitrogens with one attached hydrogen (secondary N) is 1. The third-order valence-corrected chi connectivity index (χ3v) is 5.78. The summed E-state index contributed by atoms with van der Waals surface area (Å²) in [6.07, 6.45) is 5.87. The van der Waals surface area contributed by atoms with Crippen LogP contribution in [0, 0.1) is 0 Å². The van der Waals surface area contributed by atoms with E-state index in [0.29, 0.717) is 12.5 Å². The van der Waals surface area contributed by atoms with Crippen molar-refractivity contribution >= 4 is 5.91 Å². The first kappa shape index (κ1) is 21.3. The van der Waals surface area contributed by atoms with Crippen LogP contribution in [0.3, 0.4) is 0 Å². The van der Waals surface area contributed by atoms with E-state index in [1.165, 1.54) is 0 Å². The molecule has 0 radical (unpaired) electrons. The highest BCUT2D eigenvalue weighted by Crippen LogP contribution is 2.28. The first-order valence-electron chi connectivity index (χ1n) is 10.8. The van der Waals surface area contributed by atoms with Gasteiger partial charge < -0.3 is 15.0 Å². The van der Waals surface area contributed by atoms with Gasteiger partial charge in [-0.2, -0.15) is 0 Å². The van der Waals surface area contributed by atoms with Gasteiger partial charge in [-0.25, -0.2) is 0 Å². The van der Waals surface area contributed by atoms with E-state index in [4.69, 9.17) is 4.74 Å². The molecule has 1 N–H and O–H groups in total. The summed E-state index contributed by atoms with van der Waals surface area (Å²) in [6, 6.07) is 14.1. The second-order valence-corrected chi connectivity index (χ2v) is 7.81. The number of amides is 1. The van der Waals surface area contributed by atoms with Crippen LogP contribution in [0.4, 0.5) is 0 Å². The molecule has 1 amide bonds. The first-order valence-corrected chi connectivity index (χ1v) is 10.8. The van der Waals surface area contributed by atoms with E-state index < -0.39 is 0 Å². The second kappa shape index (κ2) is 11.0. The van der Waals surface area contributed by atoms with Crippen LogP contribution >= 0.6 is 0 Å². The molecule has 5 nitrogen and oxygen atoms in total. The maximum atomic E-state index is 13.2. The minimum absolute atomic E-state index is 0.0292. The number of ether oxygens (including phenoxy) is 1. The quantitative estimate of drug-likeness (QED) is 0.730. The number of benzene rings is 1. The number of para-hydroxylation sites is 1. The van der Waals surface area contributed by atoms with Crippen molar-refractivity contribution in [3.05, 3.63) is 59.9 Å². The predicted octanol–water partition coefficient (Wildman–Crippen LogP) is 4.14. The van der Waals surface area contributed by atoms with Crippen molar-refractivity contribution in [2.45, 2.75) is 58.0 Å². The molecule has 0 spiro atoms. The molecule has 156 valence electrons. The molecule has 5 heteroatoms. The summed E-state index contributed by atoms with van der Waals surface area (Å²) < 4.78 is 6.04. The summed E-state index contributed by atoms with van der Waals surface area (Å²) >= 11 is 0. The SMILES string of the molecule is CCC(C)c1ccccc1OCC(=O)N(Cc1ccccn1)C1CCCNCC1. The van der Waals surface area contributed by atoms with E-state index in [2.05, 4.69) is 30.2 Å². The Kier molecular flexibility index (Phi) is 8.05. The van der Waals surface area contributed by atoms with Crippen molar-refractivity contribution in [2.24, 2.45) is 0 Å². The summed E-state index contributed by atoms with van der Waals surface area (Å²) in [5, 5.41) is 3.43. The van der Waals surface area contributed by atoms with Gasteiger partial charge >= 0.3 is 0 Å². The highest BCUT2D eigenvalue weighted by molar-refractivity contribution is 5.78. The normalized spacial score (nSPS) is 17.9. The molecule has 2 aromatic rings. The van der Waals surface area contributed by atoms with Crippen LogP contribution in [0.15, 0.2) is 48.7 Å². The topological polar surface area (TPSA) is 54.5 Å². The maximum Gasteiger partial charge on any atom is 0.261 e. The molecule has 0 saturated carbocycles. The minimum atomic E-state index is 0.0292. The molecule has 2 atom stereocenters. The number of hydrogen-bond acceptors (Lipinski definition) is 4. The summed E-state index contributed by atoms with van der Waals surface area (Å²) in [4.78, 5) is 19.6. The highest BCUT2D eigenvalue weighted by atomic mass is 16.5. The zero-order chi connectivity index (χ0) is 20.5. The largest absolute Gasteiger partial charge is 0.483 e. The van der Waals surface area contributed by atoms with Crippen molar-refractivity contribution in [1.29, 1.82) is 0 Å². The van der Waals surface area contributed by atoms with E-state index >= 15 is 0 Å². The Hall–Kier alpha value is -2.40. The van der Waals surface area contributed by atoms with Gasteiger partial charge in [-0.3, -0.25) is 9.78 Å². The number of nitrogens with zero attached hydrogens (tertiary/aromatic N) is 2. The molecule has 29 heavy (non-hydrogen) atoms. The lowest BCUT2D eigenvalue weighted by atomic mass is 9.98. The van der Waals surface area contributed by atoms with Gasteiger partial charge in [0.25, 0.3) is 5.91 Å². The van der Waals surface area contributed by atoms with Crippen molar-refractivity contribution in [1.82, 2.24) is 15.2 Å². The summed E-state index contributed by atoms with van der Waals surface area (Å²) in [6.45, 7) is 6.90. The lowest BCUT2D eigenvalue weighted by Crippen LogP contribution is -2.43. The third-order valence-electron chi connectivity index (χ3n) is 5.78. The van der Waals surface area contributed by atoms with E-state index in [1.807, 2.05) is 41.3 Å². The average Bonchev–Trinajstić information content (AvgIpc) is 3.05. The van der Waals surface area contributed by atoms with Gasteiger partial charge in [-0.1, -0.05) is 38.1 Å². The fourth-order valence-corrected chi connectivity index (χ4v) is 3.86. The number of rotatable bonds is 8. The monoisotopic (exact) mass is 395 g/mol. The van der Waals surface area contributed by atoms with Crippen LogP contribution < -0.4 is 10.1 Å². The van der Waals surface area contributed by atoms with E-state index in [1.54, 1.807) is 6.20 Å². The van der Waals surface area contributed by atoms with Gasteiger partial charge in [0.1, 0.15) is 5.75 Å². The van der Waals surface area contributed by atoms with Gasteiger partial charge in [0.05, 0.1) is 12.2 Å². The molecule has 0 bridgehead atoms. The van der Waals surface area contributed by atoms with Crippen LogP contribution in [-0.2, 0) is 11.3 Å². The number of aromatic nitrogens is 1. The minimum Gasteiger partial charge on any atom is -0.483 e. The number of pyridine rings is 1. The molecule has 1 aromatic heterocycles. The van der Waals surface area contributed by atoms with Crippen LogP contribution in [0.1, 0.15) is 56.7 Å². The summed E-state index contributed by atoms with van der Waals surface area (Å²) in [5.74, 6) is 1.25. The standard InChI is InChI=1S/C24H33N3O2/c1-3-19(2)22-11-4-5-12-23(22)29-18-24(28)27(17-20-9-6-7-15-26-20)21-10-8-14-25-16-13-21/h4-7,9,11-12,15,19,21,25H,3,8,10,13-14,16-18H2,1-2H3. The molecule has 2 unspecified atom stereocenters. The van der Waals surface area contributed by atoms with E-state index in [0.717, 1.165) is 55.8 Å². The van der Waals surface area contributed by atoms with Gasteiger partial charge in [-0.05, 0) is 68.5 Å². The summed E-state index contributed by atoms with van der Waals surface area (Å²) in [5.41, 5.74) is 2.08. The van der Waals surface area contributed by atoms with Crippen molar-refractivity contribution in [3.8, 4) is 5.75 Å². The summed E-state index contributed by atoms with van der Waals surface area (Å²) in [7, 11) is 0. The van der Waals surface area contributed by atoms with Gasteiger partial charge in [0.2, 0.25) is 0 Å². The average molecular weight is 396 g/mol. The maximum absolute atomic E-state index is 13.2. The van der Waals surface area contributed by atoms with Gasteiger partial charge in [0.15, 0.2) is 6.61 Å². The molecule has 1 aliphatic heterocycles. The molecule has 1 fully saturated rings. The molecule has 1 aromatic carbocycles. The van der Waals surface area contributed by atoms with Crippen LogP contribution in [0.2, 0.25) is 0 Å². The Morgan fingerprint density at radius 2 is 2.03 bits per heavy atom. The number of carbonyl (C=O) groups excluding carboxylic acids is 1. The molecule has 1 aliphatic rings. The Morgan fingerprint density at radius 1 is 1.21 bits per heavy atom. The Morgan fingerprint density at radius 3 is 2.83 bits per heavy atom. The van der Waals surface area contributed by atoms with E-state index in [9.17, 15) is 4.79 Å². The Balaban J connectivity index is 1.72. The van der Waals surface area contributed by atoms with Crippen molar-refractivity contribution < 1.29 is 9.53 Å². The third kappa shape index (κ3) is 6.04. The Bertz CT molecular complexity index is 758. The zero-order valence-electron chi connectivity index (χ0n) is 17.6. The van der Waals surface area contributed by atoms with Crippen molar-refractivity contribution in [2.75, 3.05) is 19.7 Å². The molecular formula is C24H33N3O2. The van der Waals surface area contributed by atoms with Gasteiger partial charge in [0, 0.05) is 12.2 Å². The fraction of sp³-hybridized carbons (Fsp3) is 0.500. The lowest BCUT2D eigenvalue weighted by molar-refractivity contribution is -0.136. The smallest absolute Gasteiger partial charge is 0.261 e. The Labute approximate surface area is 174 Å². The number of hydrogen-bond donors (Lipinski definition) is 1. The first-order chi connectivity index (χ1) is 14.2. The molecule has 1 saturated heterocycles. The zero-order valence-corrected chi connectivity index (χ0v) is 17.6. The van der Waals surface area contributed by atoms with Crippen LogP contribution in [-0.4, -0.2) is 41.5 Å². The van der Waals surface area contributed by atoms with Crippen LogP contribution in [0.5, 0.6) is 5.75 Å². The molecule has 2 heterocycles. The second-order valence-electron chi connectivity index (χ2n) is 7.81. The van der Waals surface area contributed by atoms with Crippen molar-refractivity contribution in [3.63, 3.8) is 0 Å². The fourth-order valence-electron chi connectivity index (χ4n) is 3.86. The van der Waals surface area contributed by atoms with Crippen LogP contribution in [0.25, 0.3) is 0 Å². The number of carbonyl (C=O) groups is 1. The molecular weight excluding hydrogens is 362 g/mol. The molecule has 0 aliphatic carbocycles. The highest BCUT2D eigenvalue weighted by Gasteiger charge is 2.26. The lowest BCUT2D eigenvalue weighted by Gasteiger charge is -2.31.